The molecule has 0 aliphatic heterocycles. The molecule has 0 aliphatic rings. The second kappa shape index (κ2) is 6.85. The number of aliphatic hydroxyl groups excluding tert-OH is 1. The summed E-state index contributed by atoms with van der Waals surface area (Å²) in [6.45, 7) is 0.902. The van der Waals surface area contributed by atoms with Gasteiger partial charge in [0.2, 0.25) is 10.0 Å². The van der Waals surface area contributed by atoms with E-state index < -0.39 is 10.0 Å². The van der Waals surface area contributed by atoms with Crippen molar-refractivity contribution < 1.29 is 17.9 Å². The van der Waals surface area contributed by atoms with Gasteiger partial charge in [-0.25, -0.2) is 12.7 Å². The van der Waals surface area contributed by atoms with Gasteiger partial charge in [-0.05, 0) is 43.0 Å². The van der Waals surface area contributed by atoms with Crippen LogP contribution in [-0.4, -0.2) is 57.0 Å². The van der Waals surface area contributed by atoms with Crippen molar-refractivity contribution in [1.29, 1.82) is 0 Å². The molecular weight excluding hydrogens is 336 g/mol. The third kappa shape index (κ3) is 4.28. The summed E-state index contributed by atoms with van der Waals surface area (Å²) < 4.78 is 31.1. The summed E-state index contributed by atoms with van der Waals surface area (Å²) in [5.74, 6) is 0.215. The maximum atomic E-state index is 12.3. The number of hydrogen-bond donors (Lipinski definition) is 1. The fraction of sp³-hybridized carbons (Fsp3) is 0.636. The van der Waals surface area contributed by atoms with Crippen LogP contribution < -0.4 is 0 Å². The predicted octanol–water partition coefficient (Wildman–Crippen LogP) is 1.11. The van der Waals surface area contributed by atoms with Crippen LogP contribution in [0.2, 0.25) is 0 Å². The molecule has 1 heterocycles. The molecule has 0 radical (unpaired) electrons. The average molecular weight is 355 g/mol. The van der Waals surface area contributed by atoms with E-state index in [0.29, 0.717) is 6.54 Å². The minimum Gasteiger partial charge on any atom is -0.450 e. The Kier molecular flexibility index (Phi) is 6.00. The van der Waals surface area contributed by atoms with Gasteiger partial charge in [0.15, 0.2) is 4.67 Å². The maximum absolute atomic E-state index is 12.3. The normalized spacial score (nSPS) is 12.6. The van der Waals surface area contributed by atoms with Crippen molar-refractivity contribution in [1.82, 2.24) is 9.21 Å². The molecule has 0 saturated carbocycles. The van der Waals surface area contributed by atoms with E-state index in [9.17, 15) is 8.42 Å². The molecule has 0 spiro atoms. The van der Waals surface area contributed by atoms with Crippen molar-refractivity contribution in [2.75, 3.05) is 34.2 Å². The van der Waals surface area contributed by atoms with E-state index in [0.717, 1.165) is 13.0 Å². The number of sulfonamides is 1. The van der Waals surface area contributed by atoms with Crippen molar-refractivity contribution >= 4 is 26.0 Å². The van der Waals surface area contributed by atoms with Crippen LogP contribution in [0.5, 0.6) is 0 Å². The molecule has 0 amide bonds. The van der Waals surface area contributed by atoms with Gasteiger partial charge in [-0.15, -0.1) is 0 Å². The molecule has 0 unspecified atom stereocenters. The van der Waals surface area contributed by atoms with Crippen molar-refractivity contribution in [3.63, 3.8) is 0 Å². The van der Waals surface area contributed by atoms with Crippen molar-refractivity contribution in [2.45, 2.75) is 17.9 Å². The summed E-state index contributed by atoms with van der Waals surface area (Å²) in [5, 5.41) is 8.95. The highest BCUT2D eigenvalue weighted by Crippen LogP contribution is 2.28. The summed E-state index contributed by atoms with van der Waals surface area (Å²) in [5.41, 5.74) is 0. The van der Waals surface area contributed by atoms with Gasteiger partial charge in [-0.2, -0.15) is 0 Å². The first-order valence-corrected chi connectivity index (χ1v) is 8.02. The number of hydrogen-bond acceptors (Lipinski definition) is 5. The van der Waals surface area contributed by atoms with E-state index in [2.05, 4.69) is 15.9 Å². The van der Waals surface area contributed by atoms with Gasteiger partial charge in [0, 0.05) is 19.7 Å². The van der Waals surface area contributed by atoms with Crippen LogP contribution in [-0.2, 0) is 16.6 Å². The molecule has 0 saturated heterocycles. The summed E-state index contributed by atoms with van der Waals surface area (Å²) in [4.78, 5) is 2.04. The van der Waals surface area contributed by atoms with Crippen molar-refractivity contribution in [2.24, 2.45) is 0 Å². The highest BCUT2D eigenvalue weighted by molar-refractivity contribution is 9.10. The molecule has 1 aromatic heterocycles. The van der Waals surface area contributed by atoms with Gasteiger partial charge < -0.3 is 14.4 Å². The van der Waals surface area contributed by atoms with Crippen LogP contribution in [0.4, 0.5) is 0 Å². The summed E-state index contributed by atoms with van der Waals surface area (Å²) in [6.07, 6.45) is 0.741. The highest BCUT2D eigenvalue weighted by atomic mass is 79.9. The minimum absolute atomic E-state index is 0.0453. The Morgan fingerprint density at radius 2 is 1.95 bits per heavy atom. The Balaban J connectivity index is 2.81. The standard InChI is InChI=1S/C11H19BrN2O4S/c1-13(2)5-4-6-14(3)19(16,17)10-7-9(8-15)18-11(10)12/h7,15H,4-6,8H2,1-3H3. The smallest absolute Gasteiger partial charge is 0.247 e. The second-order valence-electron chi connectivity index (χ2n) is 4.49. The zero-order valence-electron chi connectivity index (χ0n) is 11.3. The maximum Gasteiger partial charge on any atom is 0.247 e. The summed E-state index contributed by atoms with van der Waals surface area (Å²) in [6, 6.07) is 1.34. The minimum atomic E-state index is -3.59. The van der Waals surface area contributed by atoms with Crippen LogP contribution in [0, 0.1) is 0 Å². The van der Waals surface area contributed by atoms with Gasteiger partial charge in [0.05, 0.1) is 0 Å². The first-order chi connectivity index (χ1) is 8.78. The zero-order valence-corrected chi connectivity index (χ0v) is 13.7. The highest BCUT2D eigenvalue weighted by Gasteiger charge is 2.26. The monoisotopic (exact) mass is 354 g/mol. The third-order valence-electron chi connectivity index (χ3n) is 2.63. The fourth-order valence-corrected chi connectivity index (χ4v) is 3.72. The summed E-state index contributed by atoms with van der Waals surface area (Å²) in [7, 11) is 1.82. The van der Waals surface area contributed by atoms with E-state index in [1.54, 1.807) is 0 Å². The lowest BCUT2D eigenvalue weighted by atomic mass is 10.4. The van der Waals surface area contributed by atoms with Gasteiger partial charge in [0.25, 0.3) is 0 Å². The molecule has 0 fully saturated rings. The van der Waals surface area contributed by atoms with E-state index in [1.807, 2.05) is 19.0 Å². The molecule has 110 valence electrons. The van der Waals surface area contributed by atoms with E-state index in [4.69, 9.17) is 9.52 Å². The molecular formula is C11H19BrN2O4S. The largest absolute Gasteiger partial charge is 0.450 e. The van der Waals surface area contributed by atoms with Crippen LogP contribution >= 0.6 is 15.9 Å². The third-order valence-corrected chi connectivity index (χ3v) is 5.34. The Labute approximate surface area is 122 Å². The SMILES string of the molecule is CN(C)CCCN(C)S(=O)(=O)c1cc(CO)oc1Br. The fourth-order valence-electron chi connectivity index (χ4n) is 1.55. The first-order valence-electron chi connectivity index (χ1n) is 5.79. The zero-order chi connectivity index (χ0) is 14.6. The molecule has 1 rings (SSSR count). The van der Waals surface area contributed by atoms with E-state index in [-0.39, 0.29) is 21.9 Å². The van der Waals surface area contributed by atoms with E-state index in [1.165, 1.54) is 17.4 Å². The molecule has 1 aromatic rings. The first kappa shape index (κ1) is 16.6. The number of furan rings is 1. The van der Waals surface area contributed by atoms with Crippen LogP contribution in [0.15, 0.2) is 20.0 Å². The summed E-state index contributed by atoms with van der Waals surface area (Å²) >= 11 is 3.06. The van der Waals surface area contributed by atoms with Crippen molar-refractivity contribution in [3.05, 3.63) is 16.5 Å². The van der Waals surface area contributed by atoms with Gasteiger partial charge >= 0.3 is 0 Å². The Hall–Kier alpha value is -0.410. The lowest BCUT2D eigenvalue weighted by Crippen LogP contribution is -2.29. The number of halogens is 1. The molecule has 0 atom stereocenters. The Bertz CT molecular complexity index is 513. The average Bonchev–Trinajstić information content (AvgIpc) is 2.70. The van der Waals surface area contributed by atoms with Crippen LogP contribution in [0.25, 0.3) is 0 Å². The number of rotatable bonds is 7. The van der Waals surface area contributed by atoms with Crippen molar-refractivity contribution in [3.8, 4) is 0 Å². The van der Waals surface area contributed by atoms with E-state index >= 15 is 0 Å². The number of aliphatic hydroxyl groups is 1. The topological polar surface area (TPSA) is 74.0 Å². The second-order valence-corrected chi connectivity index (χ2v) is 7.23. The Morgan fingerprint density at radius 3 is 2.42 bits per heavy atom. The van der Waals surface area contributed by atoms with Gasteiger partial charge in [-0.1, -0.05) is 0 Å². The molecule has 1 N–H and O–H groups in total. The van der Waals surface area contributed by atoms with Gasteiger partial charge in [0.1, 0.15) is 17.3 Å². The molecule has 0 bridgehead atoms. The molecule has 19 heavy (non-hydrogen) atoms. The van der Waals surface area contributed by atoms with Crippen LogP contribution in [0.3, 0.4) is 0 Å². The molecule has 0 aliphatic carbocycles. The predicted molar refractivity (Wildman–Crippen MR) is 75.3 cm³/mol. The van der Waals surface area contributed by atoms with Crippen LogP contribution in [0.1, 0.15) is 12.2 Å². The Morgan fingerprint density at radius 1 is 1.32 bits per heavy atom. The van der Waals surface area contributed by atoms with Gasteiger partial charge in [-0.3, -0.25) is 0 Å². The lowest BCUT2D eigenvalue weighted by Gasteiger charge is -2.17. The lowest BCUT2D eigenvalue weighted by molar-refractivity contribution is 0.245. The number of nitrogens with zero attached hydrogens (tertiary/aromatic N) is 2. The quantitative estimate of drug-likeness (QED) is 0.793. The molecule has 6 nitrogen and oxygen atoms in total. The molecule has 0 aromatic carbocycles. The molecule has 8 heteroatoms.